The van der Waals surface area contributed by atoms with Crippen LogP contribution in [-0.2, 0) is 10.0 Å². The highest BCUT2D eigenvalue weighted by atomic mass is 35.5. The smallest absolute Gasteiger partial charge is 0.265 e. The Morgan fingerprint density at radius 1 is 1.16 bits per heavy atom. The number of ketones is 1. The van der Waals surface area contributed by atoms with Gasteiger partial charge in [0.1, 0.15) is 5.82 Å². The number of Topliss-reactive ketones (excluding diaryl/α,β-unsaturated/α-hetero) is 1. The molecule has 1 heterocycles. The third-order valence-corrected chi connectivity index (χ3v) is 8.77. The minimum atomic E-state index is -4.03. The Kier molecular flexibility index (Phi) is 10.4. The van der Waals surface area contributed by atoms with Crippen molar-refractivity contribution in [2.24, 2.45) is 10.9 Å². The summed E-state index contributed by atoms with van der Waals surface area (Å²) in [5.74, 6) is -0.176. The standard InChI is InChI=1S/C27H32Cl3N3O4S/c1-17-11-19(13-21(34)16-32(3)4)15-33(38(36,37)22-8-5-7-20(28)14-22)27(17)31-18(2)12-25(35)26-23(29)9-6-10-24(26)30/h5-10,14,19,21,34H,11-13,15-16H2,1-4H3/t19-,21?/m0/s1. The molecule has 1 aliphatic rings. The lowest BCUT2D eigenvalue weighted by atomic mass is 9.91. The van der Waals surface area contributed by atoms with Crippen molar-refractivity contribution in [2.45, 2.75) is 44.1 Å². The molecular weight excluding hydrogens is 569 g/mol. The van der Waals surface area contributed by atoms with E-state index in [1.165, 1.54) is 16.4 Å². The van der Waals surface area contributed by atoms with E-state index in [0.29, 0.717) is 30.1 Å². The van der Waals surface area contributed by atoms with Gasteiger partial charge in [-0.3, -0.25) is 4.79 Å². The lowest BCUT2D eigenvalue weighted by Crippen LogP contribution is -2.40. The predicted molar refractivity (Wildman–Crippen MR) is 154 cm³/mol. The maximum atomic E-state index is 13.8. The predicted octanol–water partition coefficient (Wildman–Crippen LogP) is 5.94. The van der Waals surface area contributed by atoms with E-state index in [1.54, 1.807) is 37.3 Å². The van der Waals surface area contributed by atoms with Gasteiger partial charge in [0.25, 0.3) is 10.0 Å². The molecular formula is C27H32Cl3N3O4S. The summed E-state index contributed by atoms with van der Waals surface area (Å²) in [5.41, 5.74) is 1.36. The molecule has 7 nitrogen and oxygen atoms in total. The number of hydrogen-bond donors (Lipinski definition) is 1. The van der Waals surface area contributed by atoms with Gasteiger partial charge in [0.15, 0.2) is 5.78 Å². The van der Waals surface area contributed by atoms with Gasteiger partial charge >= 0.3 is 0 Å². The van der Waals surface area contributed by atoms with E-state index < -0.39 is 16.1 Å². The molecule has 0 amide bonds. The fourth-order valence-electron chi connectivity index (χ4n) is 4.58. The number of allylic oxidation sites excluding steroid dienone is 1. The summed E-state index contributed by atoms with van der Waals surface area (Å²) in [5, 5.41) is 11.3. The molecule has 2 atom stereocenters. The van der Waals surface area contributed by atoms with Crippen molar-refractivity contribution in [3.63, 3.8) is 0 Å². The molecule has 0 radical (unpaired) electrons. The summed E-state index contributed by atoms with van der Waals surface area (Å²) in [6.45, 7) is 4.09. The summed E-state index contributed by atoms with van der Waals surface area (Å²) in [6.07, 6.45) is 0.290. The molecule has 1 aliphatic heterocycles. The number of likely N-dealkylation sites (N-methyl/N-ethyl adjacent to an activating group) is 1. The van der Waals surface area contributed by atoms with E-state index in [4.69, 9.17) is 34.8 Å². The molecule has 0 saturated carbocycles. The normalized spacial score (nSPS) is 17.8. The number of rotatable bonds is 10. The van der Waals surface area contributed by atoms with Crippen LogP contribution in [0.5, 0.6) is 0 Å². The Bertz CT molecular complexity index is 1340. The average molecular weight is 601 g/mol. The van der Waals surface area contributed by atoms with Crippen LogP contribution in [0.4, 0.5) is 0 Å². The maximum absolute atomic E-state index is 13.8. The molecule has 0 saturated heterocycles. The molecule has 1 unspecified atom stereocenters. The van der Waals surface area contributed by atoms with Crippen molar-refractivity contribution in [3.05, 3.63) is 74.5 Å². The zero-order chi connectivity index (χ0) is 28.2. The van der Waals surface area contributed by atoms with E-state index >= 15 is 0 Å². The van der Waals surface area contributed by atoms with Gasteiger partial charge in [-0.2, -0.15) is 0 Å². The molecule has 2 aromatic carbocycles. The molecule has 2 aromatic rings. The number of aliphatic hydroxyl groups is 1. The first-order valence-corrected chi connectivity index (χ1v) is 14.7. The second-order valence-electron chi connectivity index (χ2n) is 9.86. The average Bonchev–Trinajstić information content (AvgIpc) is 2.79. The molecule has 0 fully saturated rings. The summed E-state index contributed by atoms with van der Waals surface area (Å²) >= 11 is 18.5. The third-order valence-electron chi connectivity index (χ3n) is 6.16. The van der Waals surface area contributed by atoms with Crippen LogP contribution in [0.1, 0.15) is 43.5 Å². The molecule has 38 heavy (non-hydrogen) atoms. The molecule has 0 aliphatic carbocycles. The molecule has 0 spiro atoms. The monoisotopic (exact) mass is 599 g/mol. The first-order valence-electron chi connectivity index (χ1n) is 12.1. The highest BCUT2D eigenvalue weighted by molar-refractivity contribution is 7.89. The van der Waals surface area contributed by atoms with E-state index in [-0.39, 0.29) is 51.0 Å². The molecule has 0 aromatic heterocycles. The molecule has 3 rings (SSSR count). The zero-order valence-corrected chi connectivity index (χ0v) is 24.9. The van der Waals surface area contributed by atoms with Gasteiger partial charge in [-0.05, 0) is 82.6 Å². The van der Waals surface area contributed by atoms with Crippen molar-refractivity contribution in [2.75, 3.05) is 27.2 Å². The number of nitrogens with zero attached hydrogens (tertiary/aromatic N) is 3. The van der Waals surface area contributed by atoms with E-state index in [1.807, 2.05) is 25.9 Å². The number of halogens is 3. The first kappa shape index (κ1) is 30.6. The van der Waals surface area contributed by atoms with Crippen molar-refractivity contribution in [1.82, 2.24) is 9.21 Å². The largest absolute Gasteiger partial charge is 0.392 e. The Hall–Kier alpha value is -1.94. The number of benzene rings is 2. The fourth-order valence-corrected chi connectivity index (χ4v) is 7.06. The minimum Gasteiger partial charge on any atom is -0.392 e. The molecule has 206 valence electrons. The fraction of sp³-hybridized carbons (Fsp3) is 0.407. The van der Waals surface area contributed by atoms with Crippen molar-refractivity contribution in [1.29, 1.82) is 0 Å². The number of carbonyl (C=O) groups is 1. The topological polar surface area (TPSA) is 90.3 Å². The van der Waals surface area contributed by atoms with Crippen LogP contribution in [0.3, 0.4) is 0 Å². The van der Waals surface area contributed by atoms with Gasteiger partial charge in [-0.25, -0.2) is 17.7 Å². The lowest BCUT2D eigenvalue weighted by Gasteiger charge is -2.36. The van der Waals surface area contributed by atoms with Crippen LogP contribution in [-0.4, -0.2) is 67.5 Å². The summed E-state index contributed by atoms with van der Waals surface area (Å²) in [6, 6.07) is 10.9. The lowest BCUT2D eigenvalue weighted by molar-refractivity contribution is 0.0999. The maximum Gasteiger partial charge on any atom is 0.265 e. The van der Waals surface area contributed by atoms with E-state index in [0.717, 1.165) is 5.57 Å². The summed E-state index contributed by atoms with van der Waals surface area (Å²) in [7, 11) is -0.288. The van der Waals surface area contributed by atoms with Crippen LogP contribution in [0.25, 0.3) is 0 Å². The second-order valence-corrected chi connectivity index (χ2v) is 13.0. The van der Waals surface area contributed by atoms with Gasteiger partial charge in [-0.15, -0.1) is 0 Å². The Balaban J connectivity index is 1.98. The van der Waals surface area contributed by atoms with Gasteiger partial charge in [0, 0.05) is 30.2 Å². The van der Waals surface area contributed by atoms with Crippen LogP contribution in [0.15, 0.2) is 63.7 Å². The Labute approximate surface area is 239 Å². The van der Waals surface area contributed by atoms with Crippen LogP contribution >= 0.6 is 34.8 Å². The highest BCUT2D eigenvalue weighted by Gasteiger charge is 2.35. The van der Waals surface area contributed by atoms with Crippen molar-refractivity contribution >= 4 is 56.3 Å². The number of aliphatic imine (C=N–C) groups is 1. The van der Waals surface area contributed by atoms with Gasteiger partial charge < -0.3 is 10.0 Å². The minimum absolute atomic E-state index is 0.0385. The second kappa shape index (κ2) is 12.9. The Morgan fingerprint density at radius 2 is 1.79 bits per heavy atom. The van der Waals surface area contributed by atoms with Crippen LogP contribution < -0.4 is 0 Å². The quantitative estimate of drug-likeness (QED) is 0.269. The first-order chi connectivity index (χ1) is 17.8. The van der Waals surface area contributed by atoms with Crippen molar-refractivity contribution < 1.29 is 18.3 Å². The van der Waals surface area contributed by atoms with Crippen LogP contribution in [0.2, 0.25) is 15.1 Å². The molecule has 0 bridgehead atoms. The van der Waals surface area contributed by atoms with Gasteiger partial charge in [0.05, 0.1) is 26.6 Å². The number of sulfonamides is 1. The van der Waals surface area contributed by atoms with E-state index in [9.17, 15) is 18.3 Å². The number of aliphatic hydroxyl groups excluding tert-OH is 1. The number of hydrogen-bond acceptors (Lipinski definition) is 6. The SMILES string of the molecule is CC(CC(=O)c1c(Cl)cccc1Cl)=NC1=C(C)C[C@@H](CC(O)CN(C)C)CN1S(=O)(=O)c1cccc(Cl)c1. The van der Waals surface area contributed by atoms with Gasteiger partial charge in [0.2, 0.25) is 0 Å². The summed E-state index contributed by atoms with van der Waals surface area (Å²) < 4.78 is 28.9. The Morgan fingerprint density at radius 3 is 2.39 bits per heavy atom. The summed E-state index contributed by atoms with van der Waals surface area (Å²) in [4.78, 5) is 19.5. The number of carbonyl (C=O) groups excluding carboxylic acids is 1. The van der Waals surface area contributed by atoms with Gasteiger partial charge in [-0.1, -0.05) is 46.9 Å². The van der Waals surface area contributed by atoms with Crippen LogP contribution in [0, 0.1) is 5.92 Å². The molecule has 11 heteroatoms. The molecule has 1 N–H and O–H groups in total. The third kappa shape index (κ3) is 7.58. The van der Waals surface area contributed by atoms with Crippen molar-refractivity contribution in [3.8, 4) is 0 Å². The highest BCUT2D eigenvalue weighted by Crippen LogP contribution is 2.35. The zero-order valence-electron chi connectivity index (χ0n) is 21.8. The van der Waals surface area contributed by atoms with E-state index in [2.05, 4.69) is 4.99 Å².